The highest BCUT2D eigenvalue weighted by Gasteiger charge is 2.10. The lowest BCUT2D eigenvalue weighted by Crippen LogP contribution is -2.14. The maximum atomic E-state index is 12.7. The highest BCUT2D eigenvalue weighted by atomic mass is 32.2. The van der Waals surface area contributed by atoms with E-state index < -0.39 is 34.3 Å². The van der Waals surface area contributed by atoms with E-state index in [1.807, 2.05) is 0 Å². The summed E-state index contributed by atoms with van der Waals surface area (Å²) < 4.78 is 46.2. The van der Waals surface area contributed by atoms with E-state index in [9.17, 15) is 17.6 Å². The number of carbonyl (C=O) groups is 1. The molecule has 0 amide bonds. The second-order valence-corrected chi connectivity index (χ2v) is 4.50. The molecule has 0 aliphatic heterocycles. The highest BCUT2D eigenvalue weighted by molar-refractivity contribution is 7.85. The molecule has 0 spiro atoms. The first kappa shape index (κ1) is 12.6. The Kier molecular flexibility index (Phi) is 3.97. The van der Waals surface area contributed by atoms with Crippen LogP contribution in [0.2, 0.25) is 0 Å². The maximum Gasteiger partial charge on any atom is 0.338 e. The third-order valence-electron chi connectivity index (χ3n) is 1.63. The zero-order chi connectivity index (χ0) is 12.2. The van der Waals surface area contributed by atoms with Gasteiger partial charge in [0.2, 0.25) is 0 Å². The van der Waals surface area contributed by atoms with Crippen molar-refractivity contribution >= 4 is 16.1 Å². The Morgan fingerprint density at radius 1 is 1.44 bits per heavy atom. The maximum absolute atomic E-state index is 12.7. The van der Waals surface area contributed by atoms with E-state index in [0.717, 1.165) is 12.1 Å². The van der Waals surface area contributed by atoms with Gasteiger partial charge in [-0.05, 0) is 18.2 Å². The molecule has 0 aliphatic carbocycles. The number of halogens is 1. The summed E-state index contributed by atoms with van der Waals surface area (Å²) in [7, 11) is -4.16. The van der Waals surface area contributed by atoms with Crippen molar-refractivity contribution in [3.05, 3.63) is 35.6 Å². The van der Waals surface area contributed by atoms with Gasteiger partial charge in [-0.3, -0.25) is 4.55 Å². The van der Waals surface area contributed by atoms with Gasteiger partial charge in [-0.25, -0.2) is 9.18 Å². The summed E-state index contributed by atoms with van der Waals surface area (Å²) in [6.45, 7) is -0.478. The Labute approximate surface area is 91.6 Å². The molecule has 0 unspecified atom stereocenters. The molecular formula is C9H9FO5S. The molecule has 0 heterocycles. The van der Waals surface area contributed by atoms with Crippen molar-refractivity contribution in [3.63, 3.8) is 0 Å². The Morgan fingerprint density at radius 3 is 2.69 bits per heavy atom. The molecule has 5 nitrogen and oxygen atoms in total. The summed E-state index contributed by atoms with van der Waals surface area (Å²) in [4.78, 5) is 11.2. The summed E-state index contributed by atoms with van der Waals surface area (Å²) in [6.07, 6.45) is 0. The average Bonchev–Trinajstić information content (AvgIpc) is 2.15. The molecule has 0 saturated heterocycles. The molecular weight excluding hydrogens is 239 g/mol. The van der Waals surface area contributed by atoms with Crippen molar-refractivity contribution in [3.8, 4) is 0 Å². The smallest absolute Gasteiger partial charge is 0.338 e. The van der Waals surface area contributed by atoms with Gasteiger partial charge in [0.05, 0.1) is 5.56 Å². The Hall–Kier alpha value is -1.47. The van der Waals surface area contributed by atoms with Gasteiger partial charge in [-0.2, -0.15) is 8.42 Å². The molecule has 16 heavy (non-hydrogen) atoms. The van der Waals surface area contributed by atoms with Crippen LogP contribution >= 0.6 is 0 Å². The topological polar surface area (TPSA) is 80.7 Å². The lowest BCUT2D eigenvalue weighted by atomic mass is 10.2. The van der Waals surface area contributed by atoms with Crippen molar-refractivity contribution in [1.82, 2.24) is 0 Å². The monoisotopic (exact) mass is 248 g/mol. The van der Waals surface area contributed by atoms with Crippen LogP contribution < -0.4 is 0 Å². The number of hydrogen-bond donors (Lipinski definition) is 1. The van der Waals surface area contributed by atoms with E-state index in [0.29, 0.717) is 0 Å². The molecule has 0 aliphatic rings. The number of hydrogen-bond acceptors (Lipinski definition) is 4. The van der Waals surface area contributed by atoms with Crippen LogP contribution in [0.4, 0.5) is 4.39 Å². The predicted octanol–water partition coefficient (Wildman–Crippen LogP) is 0.870. The van der Waals surface area contributed by atoms with Crippen LogP contribution in [0.5, 0.6) is 0 Å². The fraction of sp³-hybridized carbons (Fsp3) is 0.222. The van der Waals surface area contributed by atoms with Crippen molar-refractivity contribution < 1.29 is 26.9 Å². The lowest BCUT2D eigenvalue weighted by molar-refractivity contribution is 0.0527. The van der Waals surface area contributed by atoms with Crippen molar-refractivity contribution in [2.45, 2.75) is 0 Å². The van der Waals surface area contributed by atoms with E-state index in [4.69, 9.17) is 4.55 Å². The van der Waals surface area contributed by atoms with Crippen LogP contribution in [0.1, 0.15) is 10.4 Å². The van der Waals surface area contributed by atoms with Gasteiger partial charge in [0.1, 0.15) is 18.2 Å². The second-order valence-electron chi connectivity index (χ2n) is 2.93. The van der Waals surface area contributed by atoms with Gasteiger partial charge < -0.3 is 4.74 Å². The first-order chi connectivity index (χ1) is 7.38. The number of ether oxygens (including phenoxy) is 1. The fourth-order valence-corrected chi connectivity index (χ4v) is 1.23. The average molecular weight is 248 g/mol. The highest BCUT2D eigenvalue weighted by Crippen LogP contribution is 2.05. The van der Waals surface area contributed by atoms with Crippen LogP contribution in [-0.2, 0) is 14.9 Å². The number of benzene rings is 1. The largest absolute Gasteiger partial charge is 0.461 e. The summed E-state index contributed by atoms with van der Waals surface area (Å²) in [5.41, 5.74) is -0.0182. The molecule has 0 fully saturated rings. The number of rotatable bonds is 4. The molecule has 0 saturated carbocycles. The van der Waals surface area contributed by atoms with Crippen LogP contribution in [-0.4, -0.2) is 31.3 Å². The first-order valence-corrected chi connectivity index (χ1v) is 5.87. The van der Waals surface area contributed by atoms with Gasteiger partial charge in [-0.15, -0.1) is 0 Å². The SMILES string of the molecule is O=C(OCCS(=O)(=O)O)c1cccc(F)c1. The molecule has 0 bridgehead atoms. The minimum atomic E-state index is -4.16. The minimum Gasteiger partial charge on any atom is -0.461 e. The van der Waals surface area contributed by atoms with Crippen molar-refractivity contribution in [2.24, 2.45) is 0 Å². The van der Waals surface area contributed by atoms with E-state index in [1.165, 1.54) is 12.1 Å². The fourth-order valence-electron chi connectivity index (χ4n) is 0.938. The third kappa shape index (κ3) is 4.37. The summed E-state index contributed by atoms with van der Waals surface area (Å²) in [6, 6.07) is 4.79. The normalized spacial score (nSPS) is 11.1. The van der Waals surface area contributed by atoms with Gasteiger partial charge >= 0.3 is 5.97 Å². The van der Waals surface area contributed by atoms with E-state index in [2.05, 4.69) is 4.74 Å². The van der Waals surface area contributed by atoms with Crippen LogP contribution in [0, 0.1) is 5.82 Å². The minimum absolute atomic E-state index is 0.0182. The molecule has 0 atom stereocenters. The molecule has 0 radical (unpaired) electrons. The van der Waals surface area contributed by atoms with E-state index in [-0.39, 0.29) is 5.56 Å². The second kappa shape index (κ2) is 5.04. The van der Waals surface area contributed by atoms with E-state index in [1.54, 1.807) is 0 Å². The number of carbonyl (C=O) groups excluding carboxylic acids is 1. The van der Waals surface area contributed by atoms with Gasteiger partial charge in [0, 0.05) is 0 Å². The molecule has 7 heteroatoms. The zero-order valence-corrected chi connectivity index (χ0v) is 8.91. The Morgan fingerprint density at radius 2 is 2.12 bits per heavy atom. The molecule has 0 aromatic heterocycles. The molecule has 88 valence electrons. The van der Waals surface area contributed by atoms with Crippen LogP contribution in [0.3, 0.4) is 0 Å². The molecule has 1 aromatic carbocycles. The molecule has 1 rings (SSSR count). The first-order valence-electron chi connectivity index (χ1n) is 4.26. The summed E-state index contributed by atoms with van der Waals surface area (Å²) in [5.74, 6) is -2.12. The van der Waals surface area contributed by atoms with Gasteiger partial charge in [-0.1, -0.05) is 6.07 Å². The van der Waals surface area contributed by atoms with Crippen molar-refractivity contribution in [1.29, 1.82) is 0 Å². The van der Waals surface area contributed by atoms with Crippen molar-refractivity contribution in [2.75, 3.05) is 12.4 Å². The molecule has 1 N–H and O–H groups in total. The summed E-state index contributed by atoms with van der Waals surface area (Å²) >= 11 is 0. The van der Waals surface area contributed by atoms with E-state index >= 15 is 0 Å². The predicted molar refractivity (Wildman–Crippen MR) is 53.1 cm³/mol. The zero-order valence-electron chi connectivity index (χ0n) is 8.09. The number of esters is 1. The third-order valence-corrected chi connectivity index (χ3v) is 2.32. The van der Waals surface area contributed by atoms with Crippen LogP contribution in [0.25, 0.3) is 0 Å². The van der Waals surface area contributed by atoms with Gasteiger partial charge in [0.15, 0.2) is 0 Å². The Bertz CT molecular complexity index is 482. The van der Waals surface area contributed by atoms with Crippen LogP contribution in [0.15, 0.2) is 24.3 Å². The standard InChI is InChI=1S/C9H9FO5S/c10-8-3-1-2-7(6-8)9(11)15-4-5-16(12,13)14/h1-3,6H,4-5H2,(H,12,13,14). The van der Waals surface area contributed by atoms with Gasteiger partial charge in [0.25, 0.3) is 10.1 Å². The quantitative estimate of drug-likeness (QED) is 0.631. The summed E-state index contributed by atoms with van der Waals surface area (Å²) in [5, 5.41) is 0. The lowest BCUT2D eigenvalue weighted by Gasteiger charge is -2.03. The Balaban J connectivity index is 2.54. The molecule has 1 aromatic rings.